The standard InChI is InChI=1S/C8H9ClN4S/c1-3-11-5-4-12-8(14-2)13-6(5)7(9)10/h3-4H,1,10H2,2H3/b7-6+,11-5-. The number of amidine groups is 1. The van der Waals surface area contributed by atoms with Crippen LogP contribution in [0.3, 0.4) is 0 Å². The Kier molecular flexibility index (Phi) is 3.91. The number of aliphatic imine (C=N–C) groups is 3. The molecule has 0 atom stereocenters. The first-order valence-corrected chi connectivity index (χ1v) is 5.30. The average Bonchev–Trinajstić information content (AvgIpc) is 2.18. The molecule has 0 amide bonds. The van der Waals surface area contributed by atoms with Crippen molar-refractivity contribution in [3.8, 4) is 0 Å². The molecule has 1 heterocycles. The zero-order valence-electron chi connectivity index (χ0n) is 7.57. The van der Waals surface area contributed by atoms with Crippen LogP contribution in [-0.4, -0.2) is 23.3 Å². The van der Waals surface area contributed by atoms with E-state index in [0.717, 1.165) is 0 Å². The summed E-state index contributed by atoms with van der Waals surface area (Å²) in [6.07, 6.45) is 4.82. The van der Waals surface area contributed by atoms with Crippen molar-refractivity contribution in [1.29, 1.82) is 0 Å². The third kappa shape index (κ3) is 2.46. The van der Waals surface area contributed by atoms with Gasteiger partial charge in [0.2, 0.25) is 0 Å². The number of allylic oxidation sites excluding steroid dienone is 1. The second kappa shape index (κ2) is 4.97. The van der Waals surface area contributed by atoms with Crippen LogP contribution in [0.25, 0.3) is 0 Å². The summed E-state index contributed by atoms with van der Waals surface area (Å²) in [4.78, 5) is 12.1. The fourth-order valence-electron chi connectivity index (χ4n) is 0.826. The highest BCUT2D eigenvalue weighted by Gasteiger charge is 2.13. The zero-order chi connectivity index (χ0) is 10.6. The molecule has 1 rings (SSSR count). The summed E-state index contributed by atoms with van der Waals surface area (Å²) in [5.41, 5.74) is 6.41. The van der Waals surface area contributed by atoms with Gasteiger partial charge < -0.3 is 5.73 Å². The highest BCUT2D eigenvalue weighted by atomic mass is 35.5. The lowest BCUT2D eigenvalue weighted by Crippen LogP contribution is -2.14. The van der Waals surface area contributed by atoms with E-state index >= 15 is 0 Å². The van der Waals surface area contributed by atoms with Gasteiger partial charge in [-0.25, -0.2) is 9.98 Å². The Morgan fingerprint density at radius 1 is 1.79 bits per heavy atom. The molecule has 2 N–H and O–H groups in total. The van der Waals surface area contributed by atoms with Gasteiger partial charge in [0, 0.05) is 6.20 Å². The van der Waals surface area contributed by atoms with Crippen molar-refractivity contribution < 1.29 is 0 Å². The van der Waals surface area contributed by atoms with E-state index in [2.05, 4.69) is 21.6 Å². The van der Waals surface area contributed by atoms with Crippen LogP contribution in [0.4, 0.5) is 0 Å². The topological polar surface area (TPSA) is 63.1 Å². The lowest BCUT2D eigenvalue weighted by molar-refractivity contribution is 1.34. The minimum absolute atomic E-state index is 0.100. The van der Waals surface area contributed by atoms with E-state index in [0.29, 0.717) is 16.6 Å². The van der Waals surface area contributed by atoms with Crippen molar-refractivity contribution in [3.05, 3.63) is 23.6 Å². The summed E-state index contributed by atoms with van der Waals surface area (Å²) in [7, 11) is 0. The van der Waals surface area contributed by atoms with Crippen LogP contribution in [0.2, 0.25) is 0 Å². The molecule has 0 aromatic rings. The molecule has 0 fully saturated rings. The summed E-state index contributed by atoms with van der Waals surface area (Å²) in [5.74, 6) is 0. The molecule has 0 bridgehead atoms. The van der Waals surface area contributed by atoms with Crippen molar-refractivity contribution in [1.82, 2.24) is 0 Å². The summed E-state index contributed by atoms with van der Waals surface area (Å²) < 4.78 is 0. The molecule has 4 nitrogen and oxygen atoms in total. The van der Waals surface area contributed by atoms with E-state index in [1.54, 1.807) is 6.21 Å². The predicted molar refractivity (Wildman–Crippen MR) is 64.1 cm³/mol. The van der Waals surface area contributed by atoms with Gasteiger partial charge in [-0.05, 0) is 6.26 Å². The molecule has 0 saturated heterocycles. The predicted octanol–water partition coefficient (Wildman–Crippen LogP) is 1.74. The minimum Gasteiger partial charge on any atom is -0.388 e. The SMILES string of the molecule is C=C/N=C1/C=NC(SC)=N/C1=C(/N)Cl. The molecule has 0 spiro atoms. The largest absolute Gasteiger partial charge is 0.388 e. The number of hydrogen-bond acceptors (Lipinski definition) is 5. The van der Waals surface area contributed by atoms with Gasteiger partial charge in [-0.1, -0.05) is 29.9 Å². The Morgan fingerprint density at radius 2 is 2.50 bits per heavy atom. The average molecular weight is 229 g/mol. The number of nitrogens with two attached hydrogens (primary N) is 1. The van der Waals surface area contributed by atoms with Crippen LogP contribution in [0.5, 0.6) is 0 Å². The normalized spacial score (nSPS) is 22.1. The van der Waals surface area contributed by atoms with Crippen LogP contribution in [-0.2, 0) is 0 Å². The van der Waals surface area contributed by atoms with Gasteiger partial charge in [0.05, 0.1) is 6.21 Å². The fraction of sp³-hybridized carbons (Fsp3) is 0.125. The van der Waals surface area contributed by atoms with Crippen LogP contribution < -0.4 is 5.73 Å². The second-order valence-electron chi connectivity index (χ2n) is 2.25. The summed E-state index contributed by atoms with van der Waals surface area (Å²) in [6, 6.07) is 0. The highest BCUT2D eigenvalue weighted by molar-refractivity contribution is 8.13. The lowest BCUT2D eigenvalue weighted by atomic mass is 10.3. The smallest absolute Gasteiger partial charge is 0.188 e. The summed E-state index contributed by atoms with van der Waals surface area (Å²) in [6.45, 7) is 3.48. The molecule has 0 saturated carbocycles. The molecule has 0 aliphatic carbocycles. The molecular formula is C8H9ClN4S. The number of hydrogen-bond donors (Lipinski definition) is 1. The molecule has 0 aromatic carbocycles. The highest BCUT2D eigenvalue weighted by Crippen LogP contribution is 2.15. The number of rotatable bonds is 1. The Morgan fingerprint density at radius 3 is 3.00 bits per heavy atom. The minimum atomic E-state index is 0.100. The van der Waals surface area contributed by atoms with Gasteiger partial charge in [0.15, 0.2) is 5.17 Å². The van der Waals surface area contributed by atoms with Crippen LogP contribution in [0.15, 0.2) is 38.6 Å². The maximum Gasteiger partial charge on any atom is 0.188 e. The zero-order valence-corrected chi connectivity index (χ0v) is 9.14. The van der Waals surface area contributed by atoms with Crippen molar-refractivity contribution in [2.75, 3.05) is 6.26 Å². The monoisotopic (exact) mass is 228 g/mol. The van der Waals surface area contributed by atoms with Crippen molar-refractivity contribution in [2.24, 2.45) is 20.7 Å². The van der Waals surface area contributed by atoms with E-state index in [1.807, 2.05) is 6.26 Å². The van der Waals surface area contributed by atoms with Crippen molar-refractivity contribution in [2.45, 2.75) is 0 Å². The molecule has 0 radical (unpaired) electrons. The Balaban J connectivity index is 3.14. The van der Waals surface area contributed by atoms with E-state index in [9.17, 15) is 0 Å². The van der Waals surface area contributed by atoms with Gasteiger partial charge in [0.25, 0.3) is 0 Å². The number of nitrogens with zero attached hydrogens (tertiary/aromatic N) is 3. The first-order chi connectivity index (χ1) is 6.69. The van der Waals surface area contributed by atoms with Crippen LogP contribution in [0.1, 0.15) is 0 Å². The summed E-state index contributed by atoms with van der Waals surface area (Å²) in [5, 5.41) is 0.704. The molecule has 1 aliphatic heterocycles. The van der Waals surface area contributed by atoms with Crippen molar-refractivity contribution >= 4 is 40.5 Å². The Hall–Kier alpha value is -1.07. The summed E-state index contributed by atoms with van der Waals surface area (Å²) >= 11 is 7.08. The van der Waals surface area contributed by atoms with E-state index < -0.39 is 0 Å². The second-order valence-corrected chi connectivity index (χ2v) is 3.43. The maximum absolute atomic E-state index is 5.67. The molecule has 6 heteroatoms. The molecular weight excluding hydrogens is 220 g/mol. The third-order valence-electron chi connectivity index (χ3n) is 1.39. The van der Waals surface area contributed by atoms with Gasteiger partial charge in [-0.3, -0.25) is 4.99 Å². The van der Waals surface area contributed by atoms with Gasteiger partial charge in [-0.2, -0.15) is 0 Å². The Bertz CT molecular complexity index is 364. The first kappa shape index (κ1) is 11.0. The molecule has 1 aliphatic rings. The van der Waals surface area contributed by atoms with E-state index in [4.69, 9.17) is 17.3 Å². The lowest BCUT2D eigenvalue weighted by Gasteiger charge is -2.08. The van der Waals surface area contributed by atoms with E-state index in [-0.39, 0.29) is 5.16 Å². The number of thioether (sulfide) groups is 1. The third-order valence-corrected chi connectivity index (χ3v) is 2.13. The molecule has 74 valence electrons. The van der Waals surface area contributed by atoms with Gasteiger partial charge in [-0.15, -0.1) is 0 Å². The fourth-order valence-corrected chi connectivity index (χ4v) is 1.31. The maximum atomic E-state index is 5.67. The van der Waals surface area contributed by atoms with Crippen molar-refractivity contribution in [3.63, 3.8) is 0 Å². The quantitative estimate of drug-likeness (QED) is 0.695. The molecule has 0 unspecified atom stereocenters. The van der Waals surface area contributed by atoms with Gasteiger partial charge >= 0.3 is 0 Å². The van der Waals surface area contributed by atoms with Crippen LogP contribution >= 0.6 is 23.4 Å². The molecule has 14 heavy (non-hydrogen) atoms. The number of halogens is 1. The van der Waals surface area contributed by atoms with Gasteiger partial charge in [0.1, 0.15) is 16.6 Å². The van der Waals surface area contributed by atoms with Crippen LogP contribution in [0, 0.1) is 0 Å². The first-order valence-electron chi connectivity index (χ1n) is 3.70. The molecule has 0 aromatic heterocycles. The Labute approximate surface area is 91.4 Å². The van der Waals surface area contributed by atoms with E-state index in [1.165, 1.54) is 18.0 Å².